The van der Waals surface area contributed by atoms with Gasteiger partial charge in [-0.25, -0.2) is 14.2 Å². The van der Waals surface area contributed by atoms with Crippen LogP contribution < -0.4 is 15.3 Å². The summed E-state index contributed by atoms with van der Waals surface area (Å²) in [4.78, 5) is 21.8. The number of aromatic hydroxyl groups is 1. The lowest BCUT2D eigenvalue weighted by molar-refractivity contribution is -0.0237. The molecule has 4 heterocycles. The summed E-state index contributed by atoms with van der Waals surface area (Å²) in [6.45, 7) is 7.30. The molecule has 10 heteroatoms. The Morgan fingerprint density at radius 2 is 1.78 bits per heavy atom. The van der Waals surface area contributed by atoms with Crippen molar-refractivity contribution in [2.75, 3.05) is 31.6 Å². The summed E-state index contributed by atoms with van der Waals surface area (Å²) in [5, 5.41) is 11.7. The van der Waals surface area contributed by atoms with Crippen molar-refractivity contribution in [1.82, 2.24) is 19.0 Å². The monoisotopic (exact) mass is 577 g/mol. The van der Waals surface area contributed by atoms with Gasteiger partial charge in [0.15, 0.2) is 0 Å². The number of hydrogen-bond donors (Lipinski definition) is 1. The summed E-state index contributed by atoms with van der Waals surface area (Å²) in [6, 6.07) is 9.99. The highest BCUT2D eigenvalue weighted by Crippen LogP contribution is 2.45. The van der Waals surface area contributed by atoms with Gasteiger partial charge in [-0.3, -0.25) is 9.47 Å². The minimum absolute atomic E-state index is 0.0899. The maximum atomic E-state index is 15.0. The lowest BCUT2D eigenvalue weighted by atomic mass is 9.82. The van der Waals surface area contributed by atoms with Crippen LogP contribution in [0.25, 0.3) is 27.9 Å². The summed E-state index contributed by atoms with van der Waals surface area (Å²) >= 11 is 6.56. The van der Waals surface area contributed by atoms with Crippen molar-refractivity contribution in [2.45, 2.75) is 38.3 Å². The van der Waals surface area contributed by atoms with Gasteiger partial charge < -0.3 is 19.3 Å². The number of phenolic OH excluding ortho intramolecular Hbond substituents is 1. The second kappa shape index (κ2) is 10.2. The van der Waals surface area contributed by atoms with Crippen LogP contribution in [0, 0.1) is 5.82 Å². The molecule has 214 valence electrons. The molecule has 1 unspecified atom stereocenters. The van der Waals surface area contributed by atoms with E-state index in [0.717, 1.165) is 38.2 Å². The van der Waals surface area contributed by atoms with Crippen molar-refractivity contribution in [3.8, 4) is 39.6 Å². The molecular weight excluding hydrogens is 545 g/mol. The number of methoxy groups -OCH3 is 1. The van der Waals surface area contributed by atoms with Crippen LogP contribution >= 0.6 is 11.6 Å². The second-order valence-corrected chi connectivity index (χ2v) is 11.7. The molecule has 8 nitrogen and oxygen atoms in total. The van der Waals surface area contributed by atoms with Crippen LogP contribution in [0.5, 0.6) is 11.6 Å². The molecule has 1 atom stereocenters. The number of phenols is 1. The minimum atomic E-state index is -0.508. The Morgan fingerprint density at radius 3 is 2.39 bits per heavy atom. The molecule has 0 aliphatic carbocycles. The number of halogens is 2. The molecule has 6 rings (SSSR count). The largest absolute Gasteiger partial charge is 0.507 e. The van der Waals surface area contributed by atoms with Gasteiger partial charge in [-0.05, 0) is 62.6 Å². The zero-order valence-electron chi connectivity index (χ0n) is 23.6. The summed E-state index contributed by atoms with van der Waals surface area (Å²) in [5.74, 6) is -0.101. The van der Waals surface area contributed by atoms with Crippen LogP contribution in [-0.2, 0) is 7.05 Å². The third kappa shape index (κ3) is 4.57. The Balaban J connectivity index is 1.37. The molecule has 2 aromatic heterocycles. The van der Waals surface area contributed by atoms with E-state index in [1.165, 1.54) is 21.3 Å². The molecule has 4 aromatic rings. The van der Waals surface area contributed by atoms with Crippen molar-refractivity contribution < 1.29 is 14.2 Å². The van der Waals surface area contributed by atoms with Crippen LogP contribution in [0.2, 0.25) is 5.02 Å². The van der Waals surface area contributed by atoms with E-state index in [9.17, 15) is 9.90 Å². The van der Waals surface area contributed by atoms with Crippen LogP contribution in [0.1, 0.15) is 26.7 Å². The first-order valence-electron chi connectivity index (χ1n) is 13.7. The first kappa shape index (κ1) is 27.4. The number of anilines is 1. The smallest absolute Gasteiger partial charge is 0.332 e. The molecular formula is C31H33ClFN5O3. The highest BCUT2D eigenvalue weighted by Gasteiger charge is 2.50. The Morgan fingerprint density at radius 1 is 1.05 bits per heavy atom. The summed E-state index contributed by atoms with van der Waals surface area (Å²) in [5.41, 5.74) is 2.92. The average molecular weight is 578 g/mol. The van der Waals surface area contributed by atoms with Gasteiger partial charge in [0, 0.05) is 73.5 Å². The van der Waals surface area contributed by atoms with Crippen molar-refractivity contribution in [1.29, 1.82) is 0 Å². The molecule has 2 aromatic carbocycles. The fraction of sp³-hybridized carbons (Fsp3) is 0.355. The number of likely N-dealkylation sites (tertiary alicyclic amines) is 1. The maximum Gasteiger partial charge on any atom is 0.332 e. The molecule has 0 amide bonds. The third-order valence-electron chi connectivity index (χ3n) is 8.60. The van der Waals surface area contributed by atoms with Crippen LogP contribution in [0.4, 0.5) is 10.1 Å². The SMILES string of the molecule is COc1ncc(-c2cc(F)cc(-c3ccc(-n4ccn(C)c4=O)c(Cl)c3)c2O)cc1N1CCC2(CCN2C(C)C)C1. The van der Waals surface area contributed by atoms with E-state index in [4.69, 9.17) is 16.3 Å². The van der Waals surface area contributed by atoms with Gasteiger partial charge in [0.2, 0.25) is 5.88 Å². The molecule has 2 aliphatic rings. The highest BCUT2D eigenvalue weighted by molar-refractivity contribution is 6.32. The topological polar surface area (TPSA) is 75.8 Å². The Kier molecular flexibility index (Phi) is 6.82. The van der Waals surface area contributed by atoms with E-state index in [1.54, 1.807) is 50.9 Å². The van der Waals surface area contributed by atoms with Crippen molar-refractivity contribution >= 4 is 17.3 Å². The number of imidazole rings is 1. The summed E-state index contributed by atoms with van der Waals surface area (Å²) < 4.78 is 23.5. The zero-order chi connectivity index (χ0) is 29.1. The van der Waals surface area contributed by atoms with Crippen LogP contribution in [-0.4, -0.2) is 62.4 Å². The number of benzene rings is 2. The quantitative estimate of drug-likeness (QED) is 0.327. The van der Waals surface area contributed by atoms with Gasteiger partial charge in [0.25, 0.3) is 0 Å². The van der Waals surface area contributed by atoms with Crippen molar-refractivity contribution in [2.24, 2.45) is 7.05 Å². The van der Waals surface area contributed by atoms with Crippen molar-refractivity contribution in [3.63, 3.8) is 0 Å². The lowest BCUT2D eigenvalue weighted by Gasteiger charge is -2.53. The van der Waals surface area contributed by atoms with E-state index in [2.05, 4.69) is 28.6 Å². The zero-order valence-corrected chi connectivity index (χ0v) is 24.3. The number of rotatable bonds is 6. The van der Waals surface area contributed by atoms with Crippen LogP contribution in [0.3, 0.4) is 0 Å². The molecule has 2 aliphatic heterocycles. The molecule has 41 heavy (non-hydrogen) atoms. The fourth-order valence-corrected chi connectivity index (χ4v) is 6.66. The van der Waals surface area contributed by atoms with E-state index in [0.29, 0.717) is 39.3 Å². The minimum Gasteiger partial charge on any atom is -0.507 e. The normalized spacial score (nSPS) is 18.9. The molecule has 1 N–H and O–H groups in total. The number of nitrogens with zero attached hydrogens (tertiary/aromatic N) is 5. The fourth-order valence-electron chi connectivity index (χ4n) is 6.39. The van der Waals surface area contributed by atoms with E-state index >= 15 is 4.39 Å². The lowest BCUT2D eigenvalue weighted by Crippen LogP contribution is -2.63. The van der Waals surface area contributed by atoms with Gasteiger partial charge in [-0.1, -0.05) is 17.7 Å². The highest BCUT2D eigenvalue weighted by atomic mass is 35.5. The first-order valence-corrected chi connectivity index (χ1v) is 14.1. The molecule has 0 saturated carbocycles. The van der Waals surface area contributed by atoms with E-state index in [-0.39, 0.29) is 22.5 Å². The Hall–Kier alpha value is -3.82. The van der Waals surface area contributed by atoms with Crippen molar-refractivity contribution in [3.05, 3.63) is 76.3 Å². The number of pyridine rings is 1. The third-order valence-corrected chi connectivity index (χ3v) is 8.90. The predicted octanol–water partition coefficient (Wildman–Crippen LogP) is 5.47. The number of aromatic nitrogens is 3. The standard InChI is InChI=1S/C31H33ClFN5O3/c1-19(2)38-10-8-31(38)7-9-36(18-31)27-14-21(17-34-29(27)41-4)24-16-22(33)15-23(28(24)39)20-5-6-26(25(32)13-20)37-12-11-35(3)30(37)40/h5-6,11-17,19,39H,7-10,18H2,1-4H3. The van der Waals surface area contributed by atoms with Gasteiger partial charge in [-0.15, -0.1) is 0 Å². The Labute approximate surface area is 243 Å². The first-order chi connectivity index (χ1) is 19.6. The summed E-state index contributed by atoms with van der Waals surface area (Å²) in [6.07, 6.45) is 7.07. The van der Waals surface area contributed by atoms with E-state index < -0.39 is 5.82 Å². The Bertz CT molecular complexity index is 1700. The molecule has 2 fully saturated rings. The average Bonchev–Trinajstić information content (AvgIpc) is 3.54. The maximum absolute atomic E-state index is 15.0. The number of aryl methyl sites for hydroxylation is 1. The molecule has 1 spiro atoms. The molecule has 2 saturated heterocycles. The number of hydrogen-bond acceptors (Lipinski definition) is 6. The van der Waals surface area contributed by atoms with Gasteiger partial charge in [0.05, 0.1) is 17.8 Å². The van der Waals surface area contributed by atoms with E-state index in [1.807, 2.05) is 6.07 Å². The van der Waals surface area contributed by atoms with Gasteiger partial charge in [-0.2, -0.15) is 0 Å². The number of ether oxygens (including phenoxy) is 1. The molecule has 0 bridgehead atoms. The van der Waals surface area contributed by atoms with Crippen LogP contribution in [0.15, 0.2) is 59.8 Å². The van der Waals surface area contributed by atoms with Gasteiger partial charge >= 0.3 is 5.69 Å². The molecule has 0 radical (unpaired) electrons. The predicted molar refractivity (Wildman–Crippen MR) is 159 cm³/mol. The summed E-state index contributed by atoms with van der Waals surface area (Å²) in [7, 11) is 3.25. The second-order valence-electron chi connectivity index (χ2n) is 11.3. The van der Waals surface area contributed by atoms with Gasteiger partial charge in [0.1, 0.15) is 17.3 Å².